The number of carbonyl (C=O) groups excluding carboxylic acids is 8. The van der Waals surface area contributed by atoms with Crippen molar-refractivity contribution in [3.05, 3.63) is 0 Å². The van der Waals surface area contributed by atoms with Crippen molar-refractivity contribution in [2.75, 3.05) is 172 Å². The van der Waals surface area contributed by atoms with Crippen LogP contribution in [0.1, 0.15) is 59.3 Å². The Balaban J connectivity index is 1.36. The fourth-order valence-electron chi connectivity index (χ4n) is 9.94. The molecule has 0 aromatic carbocycles. The van der Waals surface area contributed by atoms with E-state index >= 15 is 0 Å². The van der Waals surface area contributed by atoms with Gasteiger partial charge in [-0.05, 0) is 38.5 Å². The highest BCUT2D eigenvalue weighted by Gasteiger charge is 2.48. The summed E-state index contributed by atoms with van der Waals surface area (Å²) in [5.74, 6) is 0.466. The van der Waals surface area contributed by atoms with E-state index < -0.39 is 178 Å². The molecule has 0 bridgehead atoms. The van der Waals surface area contributed by atoms with Crippen molar-refractivity contribution >= 4 is 47.3 Å². The maximum atomic E-state index is 13.8. The molecule has 586 valence electrons. The highest BCUT2D eigenvalue weighted by Crippen LogP contribution is 2.25. The van der Waals surface area contributed by atoms with Gasteiger partial charge in [-0.2, -0.15) is 5.90 Å². The van der Waals surface area contributed by atoms with Crippen LogP contribution in [-0.2, 0) is 114 Å². The van der Waals surface area contributed by atoms with Crippen molar-refractivity contribution < 1.29 is 160 Å². The molecule has 0 aromatic heterocycles. The van der Waals surface area contributed by atoms with Crippen molar-refractivity contribution in [2.45, 2.75) is 163 Å². The third-order valence-electron chi connectivity index (χ3n) is 15.1. The molecule has 41 nitrogen and oxygen atoms in total. The molecule has 0 radical (unpaired) electrons. The van der Waals surface area contributed by atoms with Crippen LogP contribution in [0.5, 0.6) is 0 Å². The Morgan fingerprint density at radius 2 is 0.663 bits per heavy atom. The number of amides is 7. The second-order valence-corrected chi connectivity index (χ2v) is 23.1. The lowest BCUT2D eigenvalue weighted by Gasteiger charge is -2.42. The first-order valence-corrected chi connectivity index (χ1v) is 33.3. The number of hydrogen-bond donors (Lipinski definition) is 17. The van der Waals surface area contributed by atoms with Gasteiger partial charge in [-0.1, -0.05) is 0 Å². The predicted octanol–water partition coefficient (Wildman–Crippen LogP) is -10.0. The van der Waals surface area contributed by atoms with E-state index in [9.17, 15) is 84.3 Å². The third kappa shape index (κ3) is 36.8. The quantitative estimate of drug-likeness (QED) is 0.0199. The van der Waals surface area contributed by atoms with Crippen molar-refractivity contribution in [1.29, 1.82) is 0 Å². The van der Waals surface area contributed by atoms with Gasteiger partial charge in [-0.3, -0.25) is 33.6 Å². The minimum absolute atomic E-state index is 0.0154. The largest absolute Gasteiger partial charge is 0.394 e. The summed E-state index contributed by atoms with van der Waals surface area (Å²) in [4.78, 5) is 104. The van der Waals surface area contributed by atoms with Crippen LogP contribution in [0.15, 0.2) is 0 Å². The first kappa shape index (κ1) is 90.0. The average Bonchev–Trinajstić information content (AvgIpc) is 0.825. The summed E-state index contributed by atoms with van der Waals surface area (Å²) in [5, 5.41) is 108. The molecule has 18 N–H and O–H groups in total. The van der Waals surface area contributed by atoms with Crippen LogP contribution in [0.25, 0.3) is 0 Å². The first-order valence-electron chi connectivity index (χ1n) is 33.3. The van der Waals surface area contributed by atoms with Gasteiger partial charge in [0.2, 0.25) is 41.4 Å². The molecule has 3 fully saturated rings. The number of rotatable bonds is 56. The molecule has 3 heterocycles. The fraction of sp³-hybridized carbons (Fsp3) is 0.867. The van der Waals surface area contributed by atoms with Crippen molar-refractivity contribution in [3.63, 3.8) is 0 Å². The first-order chi connectivity index (χ1) is 48.6. The summed E-state index contributed by atoms with van der Waals surface area (Å²) in [7, 11) is 0. The topological polar surface area (TPSA) is 577 Å². The molecule has 0 saturated carbocycles. The minimum Gasteiger partial charge on any atom is -0.394 e. The van der Waals surface area contributed by atoms with E-state index in [4.69, 9.17) is 76.9 Å². The van der Waals surface area contributed by atoms with E-state index in [2.05, 4.69) is 42.1 Å². The third-order valence-corrected chi connectivity index (χ3v) is 15.1. The van der Waals surface area contributed by atoms with Crippen LogP contribution in [0.3, 0.4) is 0 Å². The van der Waals surface area contributed by atoms with E-state index in [1.807, 2.05) is 0 Å². The summed E-state index contributed by atoms with van der Waals surface area (Å²) >= 11 is 0. The van der Waals surface area contributed by atoms with Gasteiger partial charge >= 0.3 is 5.97 Å². The Kier molecular flexibility index (Phi) is 47.7. The highest BCUT2D eigenvalue weighted by atomic mass is 16.7. The number of unbranched alkanes of at least 4 members (excludes halogenated alkanes) is 2. The number of aliphatic hydroxyl groups is 9. The molecular weight excluding hydrogens is 1360 g/mol. The molecular formula is C60H108N8O33. The van der Waals surface area contributed by atoms with Crippen molar-refractivity contribution in [2.24, 2.45) is 5.90 Å². The second kappa shape index (κ2) is 53.5. The molecule has 0 aliphatic carbocycles. The van der Waals surface area contributed by atoms with Gasteiger partial charge in [0.25, 0.3) is 0 Å². The zero-order valence-corrected chi connectivity index (χ0v) is 57.3. The summed E-state index contributed by atoms with van der Waals surface area (Å²) < 4.78 is 82.3. The molecule has 17 atom stereocenters. The standard InChI is InChI=1S/C60H108N8O33/c1-36(72)64-47-53(81)50(78)41(30-69)98-58(47)95-27-24-89-15-12-86-18-21-92-33-44(75)62-10-6-4-8-39(67-46(77)35-94-23-20-88-14-17-91-26-29-97-60-49(66-38(3)74)55(83)52(80)43(32-71)100-60)56(84)68-40(57(85)101-61)9-5-7-11-63-45(76)34-93-22-19-87-13-16-90-25-28-96-59-48(65-37(2)73)54(82)51(79)42(31-70)99-59/h39-43,47-55,58-60,69-71,78-83H,4-35,61H2,1-3H3,(H,62,75)(H,63,76)(H,64,72)(H,65,73)(H,66,74)(H,67,77)(H,68,84)/t39?,40?,41-,42-,43-,47-,48-,49-,50+,51+,52+,53-,54-,55-,58-,59-,60-/m1/s1. The molecule has 0 aromatic rings. The average molecular weight is 1470 g/mol. The van der Waals surface area contributed by atoms with Crippen LogP contribution in [0.2, 0.25) is 0 Å². The van der Waals surface area contributed by atoms with Gasteiger partial charge in [0.15, 0.2) is 18.9 Å². The minimum atomic E-state index is -1.47. The van der Waals surface area contributed by atoms with Crippen LogP contribution in [0, 0.1) is 0 Å². The predicted molar refractivity (Wildman–Crippen MR) is 339 cm³/mol. The van der Waals surface area contributed by atoms with Crippen LogP contribution < -0.4 is 43.1 Å². The molecule has 2 unspecified atom stereocenters. The molecule has 3 aliphatic rings. The lowest BCUT2D eigenvalue weighted by Crippen LogP contribution is -2.64. The second-order valence-electron chi connectivity index (χ2n) is 23.1. The Morgan fingerprint density at radius 1 is 0.376 bits per heavy atom. The van der Waals surface area contributed by atoms with E-state index in [1.54, 1.807) is 0 Å². The number of nitrogens with two attached hydrogens (primary N) is 1. The van der Waals surface area contributed by atoms with Crippen molar-refractivity contribution in [1.82, 2.24) is 37.2 Å². The van der Waals surface area contributed by atoms with Gasteiger partial charge in [0, 0.05) is 33.9 Å². The Labute approximate surface area is 584 Å². The molecule has 7 amide bonds. The van der Waals surface area contributed by atoms with Crippen LogP contribution >= 0.6 is 0 Å². The van der Waals surface area contributed by atoms with Gasteiger partial charge in [-0.25, -0.2) is 4.79 Å². The number of aliphatic hydroxyl groups excluding tert-OH is 9. The van der Waals surface area contributed by atoms with Crippen LogP contribution in [-0.4, -0.2) is 369 Å². The Morgan fingerprint density at radius 3 is 0.960 bits per heavy atom. The zero-order valence-electron chi connectivity index (χ0n) is 57.3. The smallest absolute Gasteiger partial charge is 0.347 e. The SMILES string of the molecule is CC(=O)N[C@H]1[C@H](OCCOCCOCCOCC(=O)NCCCCC(NC(=O)COCCOCCOCCO[C@@H]2O[C@H](CO)[C@H](O)[C@H](O)[C@H]2NC(C)=O)C(=O)NC(CCCCNC(=O)COCCOCCOCCO[C@@H]2O[C@H](CO)[C@H](O)[C@H](O)[C@H]2NC(C)=O)C(=O)ON)O[C@H](CO)[C@H](O)[C@@H]1O. The monoisotopic (exact) mass is 1470 g/mol. The van der Waals surface area contributed by atoms with Gasteiger partial charge in [0.1, 0.15) is 105 Å². The summed E-state index contributed by atoms with van der Waals surface area (Å²) in [5.41, 5.74) is 0. The number of carbonyl (C=O) groups is 8. The number of hydrogen-bond acceptors (Lipinski definition) is 34. The van der Waals surface area contributed by atoms with Gasteiger partial charge in [0.05, 0.1) is 139 Å². The maximum Gasteiger partial charge on any atom is 0.347 e. The molecule has 101 heavy (non-hydrogen) atoms. The van der Waals surface area contributed by atoms with E-state index in [0.717, 1.165) is 0 Å². The summed E-state index contributed by atoms with van der Waals surface area (Å²) in [6, 6.07) is -5.74. The van der Waals surface area contributed by atoms with E-state index in [-0.39, 0.29) is 158 Å². The van der Waals surface area contributed by atoms with E-state index in [1.165, 1.54) is 20.8 Å². The molecule has 0 spiro atoms. The maximum absolute atomic E-state index is 13.8. The van der Waals surface area contributed by atoms with Crippen molar-refractivity contribution in [3.8, 4) is 0 Å². The molecule has 3 aliphatic heterocycles. The number of ether oxygens (including phenoxy) is 15. The normalized spacial score (nSPS) is 25.7. The van der Waals surface area contributed by atoms with Gasteiger partial charge in [-0.15, -0.1) is 0 Å². The Bertz CT molecular complexity index is 2330. The molecule has 3 saturated heterocycles. The summed E-state index contributed by atoms with van der Waals surface area (Å²) in [6.45, 7) is 2.60. The summed E-state index contributed by atoms with van der Waals surface area (Å²) in [6.07, 6.45) is -14.3. The lowest BCUT2D eigenvalue weighted by molar-refractivity contribution is -0.272. The zero-order chi connectivity index (χ0) is 74.3. The lowest BCUT2D eigenvalue weighted by atomic mass is 9.97. The number of nitrogens with one attached hydrogen (secondary N) is 7. The van der Waals surface area contributed by atoms with Gasteiger partial charge < -0.3 is 159 Å². The molecule has 3 rings (SSSR count). The van der Waals surface area contributed by atoms with Crippen LogP contribution in [0.4, 0.5) is 0 Å². The van der Waals surface area contributed by atoms with E-state index in [0.29, 0.717) is 25.7 Å². The highest BCUT2D eigenvalue weighted by molar-refractivity contribution is 5.91. The molecule has 41 heteroatoms. The fourth-order valence-corrected chi connectivity index (χ4v) is 9.94. The Hall–Kier alpha value is -5.24.